The summed E-state index contributed by atoms with van der Waals surface area (Å²) in [5.74, 6) is 1.70. The maximum absolute atomic E-state index is 5.28. The van der Waals surface area contributed by atoms with Crippen molar-refractivity contribution >= 4 is 5.95 Å². The third kappa shape index (κ3) is 3.36. The van der Waals surface area contributed by atoms with Crippen molar-refractivity contribution in [2.45, 2.75) is 26.7 Å². The first-order valence-corrected chi connectivity index (χ1v) is 8.76. The van der Waals surface area contributed by atoms with Crippen LogP contribution in [-0.4, -0.2) is 43.3 Å². The lowest BCUT2D eigenvalue weighted by Gasteiger charge is -2.22. The van der Waals surface area contributed by atoms with Crippen LogP contribution in [0.1, 0.15) is 25.1 Å². The van der Waals surface area contributed by atoms with Gasteiger partial charge in [0.2, 0.25) is 5.95 Å². The van der Waals surface area contributed by atoms with E-state index in [9.17, 15) is 0 Å². The Labute approximate surface area is 144 Å². The van der Waals surface area contributed by atoms with Crippen molar-refractivity contribution in [2.75, 3.05) is 38.2 Å². The fourth-order valence-corrected chi connectivity index (χ4v) is 3.17. The molecule has 1 aliphatic rings. The van der Waals surface area contributed by atoms with Crippen molar-refractivity contribution in [3.05, 3.63) is 35.5 Å². The van der Waals surface area contributed by atoms with Gasteiger partial charge in [-0.15, -0.1) is 0 Å². The Balaban J connectivity index is 2.11. The molecule has 0 radical (unpaired) electrons. The number of ether oxygens (including phenoxy) is 1. The Hall–Kier alpha value is -2.14. The van der Waals surface area contributed by atoms with Crippen LogP contribution in [0.2, 0.25) is 0 Å². The van der Waals surface area contributed by atoms with Crippen LogP contribution in [0.25, 0.3) is 11.3 Å². The van der Waals surface area contributed by atoms with E-state index in [4.69, 9.17) is 14.7 Å². The van der Waals surface area contributed by atoms with Crippen LogP contribution >= 0.6 is 0 Å². The molecule has 0 bridgehead atoms. The summed E-state index contributed by atoms with van der Waals surface area (Å²) in [6.07, 6.45) is 1.92. The predicted octanol–water partition coefficient (Wildman–Crippen LogP) is 2.69. The second-order valence-electron chi connectivity index (χ2n) is 5.95. The van der Waals surface area contributed by atoms with Crippen molar-refractivity contribution in [3.8, 4) is 17.0 Å². The standard InChI is InChI=1S/C19H26N4O/c1-4-23(5-2)19-21-17-11-13-20-12-10-16(17)18(22-19)14-6-8-15(24-3)9-7-14/h6-9,20H,4-5,10-13H2,1-3H3. The molecule has 5 nitrogen and oxygen atoms in total. The van der Waals surface area contributed by atoms with E-state index in [1.165, 1.54) is 11.3 Å². The van der Waals surface area contributed by atoms with Gasteiger partial charge in [-0.05, 0) is 51.1 Å². The molecule has 24 heavy (non-hydrogen) atoms. The van der Waals surface area contributed by atoms with Crippen LogP contribution in [0, 0.1) is 0 Å². The lowest BCUT2D eigenvalue weighted by atomic mass is 10.0. The number of benzene rings is 1. The Morgan fingerprint density at radius 1 is 1.04 bits per heavy atom. The molecule has 0 saturated carbocycles. The third-order valence-electron chi connectivity index (χ3n) is 4.58. The number of anilines is 1. The number of methoxy groups -OCH3 is 1. The highest BCUT2D eigenvalue weighted by Crippen LogP contribution is 2.29. The predicted molar refractivity (Wildman–Crippen MR) is 97.9 cm³/mol. The van der Waals surface area contributed by atoms with Gasteiger partial charge in [-0.2, -0.15) is 0 Å². The van der Waals surface area contributed by atoms with Gasteiger partial charge in [0.15, 0.2) is 0 Å². The van der Waals surface area contributed by atoms with Gasteiger partial charge in [-0.25, -0.2) is 9.97 Å². The van der Waals surface area contributed by atoms with Gasteiger partial charge >= 0.3 is 0 Å². The van der Waals surface area contributed by atoms with E-state index in [2.05, 4.69) is 36.2 Å². The lowest BCUT2D eigenvalue weighted by Crippen LogP contribution is -2.25. The summed E-state index contributed by atoms with van der Waals surface area (Å²) in [4.78, 5) is 12.0. The Kier molecular flexibility index (Phi) is 5.30. The normalized spacial score (nSPS) is 14.0. The highest BCUT2D eigenvalue weighted by molar-refractivity contribution is 5.66. The van der Waals surface area contributed by atoms with E-state index < -0.39 is 0 Å². The van der Waals surface area contributed by atoms with Crippen LogP contribution < -0.4 is 15.0 Å². The van der Waals surface area contributed by atoms with Crippen molar-refractivity contribution in [1.82, 2.24) is 15.3 Å². The number of aromatic nitrogens is 2. The maximum Gasteiger partial charge on any atom is 0.226 e. The van der Waals surface area contributed by atoms with Crippen LogP contribution in [0.4, 0.5) is 5.95 Å². The zero-order valence-electron chi connectivity index (χ0n) is 14.8. The van der Waals surface area contributed by atoms with Crippen molar-refractivity contribution in [2.24, 2.45) is 0 Å². The topological polar surface area (TPSA) is 50.3 Å². The van der Waals surface area contributed by atoms with Crippen molar-refractivity contribution in [1.29, 1.82) is 0 Å². The smallest absolute Gasteiger partial charge is 0.226 e. The number of fused-ring (bicyclic) bond motifs is 1. The average molecular weight is 326 g/mol. The molecule has 1 aromatic heterocycles. The van der Waals surface area contributed by atoms with E-state index in [-0.39, 0.29) is 0 Å². The number of nitrogens with zero attached hydrogens (tertiary/aromatic N) is 3. The van der Waals surface area contributed by atoms with Crippen LogP contribution in [0.5, 0.6) is 5.75 Å². The quantitative estimate of drug-likeness (QED) is 0.915. The van der Waals surface area contributed by atoms with Gasteiger partial charge in [-0.1, -0.05) is 0 Å². The summed E-state index contributed by atoms with van der Waals surface area (Å²) in [5.41, 5.74) is 4.65. The summed E-state index contributed by atoms with van der Waals surface area (Å²) < 4.78 is 5.28. The molecule has 1 aliphatic heterocycles. The molecular formula is C19H26N4O. The minimum Gasteiger partial charge on any atom is -0.497 e. The minimum absolute atomic E-state index is 0.839. The first-order chi connectivity index (χ1) is 11.8. The Morgan fingerprint density at radius 3 is 2.42 bits per heavy atom. The molecule has 0 spiro atoms. The van der Waals surface area contributed by atoms with Gasteiger partial charge < -0.3 is 15.0 Å². The maximum atomic E-state index is 5.28. The number of hydrogen-bond acceptors (Lipinski definition) is 5. The van der Waals surface area contributed by atoms with E-state index in [1.54, 1.807) is 7.11 Å². The molecule has 2 heterocycles. The molecular weight excluding hydrogens is 300 g/mol. The molecule has 3 rings (SSSR count). The first-order valence-electron chi connectivity index (χ1n) is 8.76. The van der Waals surface area contributed by atoms with Gasteiger partial charge in [0.05, 0.1) is 18.5 Å². The van der Waals surface area contributed by atoms with E-state index >= 15 is 0 Å². The fraction of sp³-hybridized carbons (Fsp3) is 0.474. The van der Waals surface area contributed by atoms with Gasteiger partial charge in [0, 0.05) is 37.2 Å². The summed E-state index contributed by atoms with van der Waals surface area (Å²) in [5, 5.41) is 3.47. The third-order valence-corrected chi connectivity index (χ3v) is 4.58. The lowest BCUT2D eigenvalue weighted by molar-refractivity contribution is 0.415. The van der Waals surface area contributed by atoms with Gasteiger partial charge in [0.25, 0.3) is 0 Å². The molecule has 0 saturated heterocycles. The molecule has 0 unspecified atom stereocenters. The van der Waals surface area contributed by atoms with E-state index in [0.29, 0.717) is 0 Å². The molecule has 2 aromatic rings. The van der Waals surface area contributed by atoms with Gasteiger partial charge in [-0.3, -0.25) is 0 Å². The Morgan fingerprint density at radius 2 is 1.75 bits per heavy atom. The largest absolute Gasteiger partial charge is 0.497 e. The highest BCUT2D eigenvalue weighted by atomic mass is 16.5. The second kappa shape index (κ2) is 7.62. The van der Waals surface area contributed by atoms with E-state index in [0.717, 1.165) is 62.0 Å². The summed E-state index contributed by atoms with van der Waals surface area (Å²) in [7, 11) is 1.69. The van der Waals surface area contributed by atoms with Crippen molar-refractivity contribution in [3.63, 3.8) is 0 Å². The fourth-order valence-electron chi connectivity index (χ4n) is 3.17. The summed E-state index contributed by atoms with van der Waals surface area (Å²) >= 11 is 0. The van der Waals surface area contributed by atoms with Crippen molar-refractivity contribution < 1.29 is 4.74 Å². The van der Waals surface area contributed by atoms with Crippen LogP contribution in [0.15, 0.2) is 24.3 Å². The monoisotopic (exact) mass is 326 g/mol. The zero-order valence-corrected chi connectivity index (χ0v) is 14.8. The molecule has 1 aromatic carbocycles. The Bertz CT molecular complexity index is 681. The number of hydrogen-bond donors (Lipinski definition) is 1. The SMILES string of the molecule is CCN(CC)c1nc2c(c(-c3ccc(OC)cc3)n1)CCNCC2. The highest BCUT2D eigenvalue weighted by Gasteiger charge is 2.19. The molecule has 0 aliphatic carbocycles. The second-order valence-corrected chi connectivity index (χ2v) is 5.95. The molecule has 1 N–H and O–H groups in total. The first kappa shape index (κ1) is 16.7. The average Bonchev–Trinajstić information content (AvgIpc) is 2.88. The molecule has 0 amide bonds. The number of rotatable bonds is 5. The van der Waals surface area contributed by atoms with Crippen LogP contribution in [-0.2, 0) is 12.8 Å². The summed E-state index contributed by atoms with van der Waals surface area (Å²) in [6.45, 7) is 8.07. The summed E-state index contributed by atoms with van der Waals surface area (Å²) in [6, 6.07) is 8.17. The van der Waals surface area contributed by atoms with E-state index in [1.807, 2.05) is 12.1 Å². The molecule has 0 fully saturated rings. The van der Waals surface area contributed by atoms with Gasteiger partial charge in [0.1, 0.15) is 5.75 Å². The number of nitrogens with one attached hydrogen (secondary N) is 1. The molecule has 5 heteroatoms. The van der Waals surface area contributed by atoms with Crippen LogP contribution in [0.3, 0.4) is 0 Å². The molecule has 0 atom stereocenters. The molecule has 128 valence electrons. The zero-order chi connectivity index (χ0) is 16.9. The minimum atomic E-state index is 0.839.